The zero-order chi connectivity index (χ0) is 8.97. The van der Waals surface area contributed by atoms with Gasteiger partial charge in [0.15, 0.2) is 0 Å². The van der Waals surface area contributed by atoms with Gasteiger partial charge in [-0.15, -0.1) is 0 Å². The van der Waals surface area contributed by atoms with Crippen LogP contribution in [0.4, 0.5) is 0 Å². The van der Waals surface area contributed by atoms with Gasteiger partial charge >= 0.3 is 5.97 Å². The molecule has 1 aromatic rings. The Morgan fingerprint density at radius 3 is 2.23 bits per heavy atom. The molecule has 3 heteroatoms. The summed E-state index contributed by atoms with van der Waals surface area (Å²) in [5.41, 5.74) is 0.603. The number of hydrogen-bond acceptors (Lipinski definition) is 2. The van der Waals surface area contributed by atoms with Crippen LogP contribution in [0.1, 0.15) is 24.2 Å². The van der Waals surface area contributed by atoms with Gasteiger partial charge in [-0.1, -0.05) is 18.2 Å². The van der Waals surface area contributed by atoms with E-state index in [0.717, 1.165) is 0 Å². The molecule has 0 unspecified atom stereocenters. The van der Waals surface area contributed by atoms with Gasteiger partial charge in [-0.3, -0.25) is 0 Å². The van der Waals surface area contributed by atoms with Crippen LogP contribution in [-0.4, -0.2) is 41.6 Å². The molecule has 0 aliphatic rings. The van der Waals surface area contributed by atoms with Crippen LogP contribution in [-0.2, 0) is 4.74 Å². The fraction of sp³-hybridized carbons (Fsp3) is 0.300. The molecule has 1 radical (unpaired) electrons. The first-order chi connectivity index (χ1) is 5.70. The number of esters is 1. The SMILES string of the molecule is CC(C)OC(=O)c1ccccc1.[Na]. The van der Waals surface area contributed by atoms with Crippen LogP contribution in [0.2, 0.25) is 0 Å². The fourth-order valence-corrected chi connectivity index (χ4v) is 0.856. The van der Waals surface area contributed by atoms with E-state index in [9.17, 15) is 4.79 Å². The summed E-state index contributed by atoms with van der Waals surface area (Å²) in [5.74, 6) is -0.259. The van der Waals surface area contributed by atoms with Crippen LogP contribution in [0.25, 0.3) is 0 Å². The van der Waals surface area contributed by atoms with Crippen molar-refractivity contribution in [1.29, 1.82) is 0 Å². The first-order valence-corrected chi connectivity index (χ1v) is 3.96. The predicted octanol–water partition coefficient (Wildman–Crippen LogP) is 1.87. The minimum absolute atomic E-state index is 0. The fourth-order valence-electron chi connectivity index (χ4n) is 0.856. The van der Waals surface area contributed by atoms with Gasteiger partial charge in [0.05, 0.1) is 11.7 Å². The minimum Gasteiger partial charge on any atom is -0.459 e. The third-order valence-corrected chi connectivity index (χ3v) is 1.35. The summed E-state index contributed by atoms with van der Waals surface area (Å²) in [7, 11) is 0. The number of rotatable bonds is 2. The van der Waals surface area contributed by atoms with Crippen molar-refractivity contribution in [3.8, 4) is 0 Å². The first kappa shape index (κ1) is 12.7. The van der Waals surface area contributed by atoms with E-state index in [1.807, 2.05) is 32.0 Å². The van der Waals surface area contributed by atoms with Crippen molar-refractivity contribution < 1.29 is 9.53 Å². The van der Waals surface area contributed by atoms with Gasteiger partial charge in [-0.05, 0) is 26.0 Å². The average molecular weight is 187 g/mol. The van der Waals surface area contributed by atoms with Crippen LogP contribution in [0, 0.1) is 0 Å². The Labute approximate surface area is 101 Å². The molecule has 0 aliphatic carbocycles. The monoisotopic (exact) mass is 187 g/mol. The Balaban J connectivity index is 0.00000144. The zero-order valence-corrected chi connectivity index (χ0v) is 10.3. The maximum atomic E-state index is 11.2. The summed E-state index contributed by atoms with van der Waals surface area (Å²) < 4.78 is 5.00. The van der Waals surface area contributed by atoms with Gasteiger partial charge in [0.2, 0.25) is 0 Å². The van der Waals surface area contributed by atoms with E-state index in [2.05, 4.69) is 0 Å². The number of hydrogen-bond donors (Lipinski definition) is 0. The molecule has 0 N–H and O–H groups in total. The number of carbonyl (C=O) groups is 1. The molecule has 2 nitrogen and oxygen atoms in total. The van der Waals surface area contributed by atoms with Crippen molar-refractivity contribution in [2.75, 3.05) is 0 Å². The van der Waals surface area contributed by atoms with Crippen molar-refractivity contribution in [3.05, 3.63) is 35.9 Å². The summed E-state index contributed by atoms with van der Waals surface area (Å²) in [4.78, 5) is 11.2. The van der Waals surface area contributed by atoms with Crippen LogP contribution >= 0.6 is 0 Å². The van der Waals surface area contributed by atoms with E-state index in [1.54, 1.807) is 12.1 Å². The number of carbonyl (C=O) groups excluding carboxylic acids is 1. The van der Waals surface area contributed by atoms with E-state index in [1.165, 1.54) is 0 Å². The second-order valence-corrected chi connectivity index (χ2v) is 2.82. The molecule has 0 atom stereocenters. The molecular formula is C10H12NaO2. The molecule has 0 aliphatic heterocycles. The van der Waals surface area contributed by atoms with Crippen LogP contribution in [0.15, 0.2) is 30.3 Å². The van der Waals surface area contributed by atoms with E-state index >= 15 is 0 Å². The molecule has 0 fully saturated rings. The van der Waals surface area contributed by atoms with Crippen molar-refractivity contribution in [2.24, 2.45) is 0 Å². The van der Waals surface area contributed by atoms with Gasteiger partial charge in [-0.25, -0.2) is 4.79 Å². The van der Waals surface area contributed by atoms with Gasteiger partial charge in [0, 0.05) is 29.6 Å². The van der Waals surface area contributed by atoms with Crippen LogP contribution in [0.3, 0.4) is 0 Å². The van der Waals surface area contributed by atoms with E-state index in [0.29, 0.717) is 5.56 Å². The summed E-state index contributed by atoms with van der Waals surface area (Å²) in [6.45, 7) is 3.67. The quantitative estimate of drug-likeness (QED) is 0.522. The van der Waals surface area contributed by atoms with Gasteiger partial charge < -0.3 is 4.74 Å². The van der Waals surface area contributed by atoms with Gasteiger partial charge in [0.1, 0.15) is 0 Å². The minimum atomic E-state index is -0.259. The molecule has 0 heterocycles. The largest absolute Gasteiger partial charge is 0.459 e. The summed E-state index contributed by atoms with van der Waals surface area (Å²) in [6, 6.07) is 8.98. The Hall–Kier alpha value is -0.310. The van der Waals surface area contributed by atoms with Crippen molar-refractivity contribution in [2.45, 2.75) is 20.0 Å². The summed E-state index contributed by atoms with van der Waals surface area (Å²) in [5, 5.41) is 0. The molecular weight excluding hydrogens is 175 g/mol. The molecule has 0 saturated heterocycles. The molecule has 65 valence electrons. The van der Waals surface area contributed by atoms with Crippen LogP contribution in [0.5, 0.6) is 0 Å². The smallest absolute Gasteiger partial charge is 0.338 e. The van der Waals surface area contributed by atoms with Gasteiger partial charge in [0.25, 0.3) is 0 Å². The Morgan fingerprint density at radius 1 is 1.23 bits per heavy atom. The average Bonchev–Trinajstić information content (AvgIpc) is 2.05. The molecule has 13 heavy (non-hydrogen) atoms. The molecule has 0 aromatic heterocycles. The second kappa shape index (κ2) is 6.19. The van der Waals surface area contributed by atoms with Crippen molar-refractivity contribution in [3.63, 3.8) is 0 Å². The van der Waals surface area contributed by atoms with Crippen molar-refractivity contribution in [1.82, 2.24) is 0 Å². The Kier molecular flexibility index (Phi) is 6.04. The van der Waals surface area contributed by atoms with E-state index < -0.39 is 0 Å². The van der Waals surface area contributed by atoms with Crippen molar-refractivity contribution >= 4 is 35.5 Å². The molecule has 0 saturated carbocycles. The normalized spacial score (nSPS) is 9.15. The zero-order valence-electron chi connectivity index (χ0n) is 8.28. The third-order valence-electron chi connectivity index (χ3n) is 1.35. The van der Waals surface area contributed by atoms with E-state index in [-0.39, 0.29) is 41.6 Å². The first-order valence-electron chi connectivity index (χ1n) is 3.96. The van der Waals surface area contributed by atoms with Crippen LogP contribution < -0.4 is 0 Å². The second-order valence-electron chi connectivity index (χ2n) is 2.82. The molecule has 0 amide bonds. The molecule has 0 spiro atoms. The number of ether oxygens (including phenoxy) is 1. The maximum Gasteiger partial charge on any atom is 0.338 e. The summed E-state index contributed by atoms with van der Waals surface area (Å²) >= 11 is 0. The third kappa shape index (κ3) is 4.46. The molecule has 1 rings (SSSR count). The Bertz CT molecular complexity index is 257. The maximum absolute atomic E-state index is 11.2. The van der Waals surface area contributed by atoms with E-state index in [4.69, 9.17) is 4.74 Å². The topological polar surface area (TPSA) is 26.3 Å². The predicted molar refractivity (Wildman–Crippen MR) is 52.7 cm³/mol. The summed E-state index contributed by atoms with van der Waals surface area (Å²) in [6.07, 6.45) is -0.0577. The molecule has 1 aromatic carbocycles. The molecule has 0 bridgehead atoms. The Morgan fingerprint density at radius 2 is 1.77 bits per heavy atom. The van der Waals surface area contributed by atoms with Gasteiger partial charge in [-0.2, -0.15) is 0 Å². The number of benzene rings is 1. The standard InChI is InChI=1S/C10H12O2.Na/c1-8(2)12-10(11)9-6-4-3-5-7-9;/h3-8H,1-2H3;.